The first-order valence-corrected chi connectivity index (χ1v) is 9.82. The van der Waals surface area contributed by atoms with Crippen LogP contribution in [-0.4, -0.2) is 49.7 Å². The monoisotopic (exact) mass is 364 g/mol. The molecule has 25 heavy (non-hydrogen) atoms. The van der Waals surface area contributed by atoms with Gasteiger partial charge >= 0.3 is 0 Å². The first-order chi connectivity index (χ1) is 12.0. The molecule has 1 atom stereocenters. The summed E-state index contributed by atoms with van der Waals surface area (Å²) < 4.78 is 13.6. The zero-order valence-electron chi connectivity index (χ0n) is 14.8. The summed E-state index contributed by atoms with van der Waals surface area (Å²) in [7, 11) is 1.77. The van der Waals surface area contributed by atoms with Gasteiger partial charge in [0.25, 0.3) is 0 Å². The molecule has 1 unspecified atom stereocenters. The minimum absolute atomic E-state index is 0.0240. The molecule has 1 aromatic carbocycles. The zero-order valence-corrected chi connectivity index (χ0v) is 15.6. The number of nitrogens with one attached hydrogen (secondary N) is 2. The number of carbonyl (C=O) groups is 1. The Morgan fingerprint density at radius 3 is 3.04 bits per heavy atom. The van der Waals surface area contributed by atoms with E-state index < -0.39 is 0 Å². The van der Waals surface area contributed by atoms with Crippen LogP contribution in [-0.2, 0) is 11.3 Å². The smallest absolute Gasteiger partial charge is 0.220 e. The molecule has 7 heteroatoms. The van der Waals surface area contributed by atoms with E-state index in [1.165, 1.54) is 6.07 Å². The highest BCUT2D eigenvalue weighted by Crippen LogP contribution is 2.36. The van der Waals surface area contributed by atoms with Crippen molar-refractivity contribution in [2.45, 2.75) is 30.7 Å². The van der Waals surface area contributed by atoms with E-state index in [9.17, 15) is 9.18 Å². The summed E-state index contributed by atoms with van der Waals surface area (Å²) in [5.74, 6) is 0.737. The Hall–Kier alpha value is -1.76. The lowest BCUT2D eigenvalue weighted by atomic mass is 9.79. The van der Waals surface area contributed by atoms with Gasteiger partial charge in [-0.25, -0.2) is 4.39 Å². The third kappa shape index (κ3) is 4.08. The molecule has 0 saturated carbocycles. The van der Waals surface area contributed by atoms with E-state index in [1.54, 1.807) is 24.9 Å². The molecule has 2 fully saturated rings. The molecule has 2 aliphatic rings. The van der Waals surface area contributed by atoms with Crippen LogP contribution in [0.15, 0.2) is 28.1 Å². The first kappa shape index (κ1) is 18.0. The maximum atomic E-state index is 13.6. The van der Waals surface area contributed by atoms with E-state index >= 15 is 0 Å². The summed E-state index contributed by atoms with van der Waals surface area (Å²) in [6.45, 7) is 3.03. The van der Waals surface area contributed by atoms with Crippen LogP contribution >= 0.6 is 11.8 Å². The van der Waals surface area contributed by atoms with Crippen molar-refractivity contribution >= 4 is 23.6 Å². The fourth-order valence-electron chi connectivity index (χ4n) is 3.82. The fourth-order valence-corrected chi connectivity index (χ4v) is 4.42. The average Bonchev–Trinajstić information content (AvgIpc) is 2.95. The Morgan fingerprint density at radius 1 is 1.52 bits per heavy atom. The molecule has 1 aromatic rings. The van der Waals surface area contributed by atoms with Crippen molar-refractivity contribution < 1.29 is 9.18 Å². The molecule has 2 saturated heterocycles. The number of carbonyl (C=O) groups excluding carboxylic acids is 1. The predicted octanol–water partition coefficient (Wildman–Crippen LogP) is 2.23. The van der Waals surface area contributed by atoms with Gasteiger partial charge in [-0.2, -0.15) is 0 Å². The molecule has 1 spiro atoms. The van der Waals surface area contributed by atoms with Gasteiger partial charge in [-0.3, -0.25) is 9.79 Å². The fraction of sp³-hybridized carbons (Fsp3) is 0.556. The number of piperidine rings is 1. The second kappa shape index (κ2) is 7.64. The van der Waals surface area contributed by atoms with Crippen LogP contribution in [0.3, 0.4) is 0 Å². The lowest BCUT2D eigenvalue weighted by Gasteiger charge is -2.40. The third-order valence-corrected chi connectivity index (χ3v) is 5.89. The second-order valence-electron chi connectivity index (χ2n) is 6.84. The molecule has 136 valence electrons. The first-order valence-electron chi connectivity index (χ1n) is 8.60. The maximum absolute atomic E-state index is 13.6. The number of guanidine groups is 1. The van der Waals surface area contributed by atoms with Crippen molar-refractivity contribution in [1.82, 2.24) is 15.5 Å². The van der Waals surface area contributed by atoms with E-state index in [2.05, 4.69) is 20.5 Å². The topological polar surface area (TPSA) is 56.7 Å². The molecule has 0 aliphatic carbocycles. The number of rotatable bonds is 3. The maximum Gasteiger partial charge on any atom is 0.220 e. The lowest BCUT2D eigenvalue weighted by molar-refractivity contribution is -0.119. The standard InChI is InChI=1S/C18H25FN4OS/c1-20-17(21-10-13-8-14(19)4-5-15(13)25-2)23-7-3-6-18(12-23)9-16(24)22-11-18/h4-5,8H,3,6-7,9-12H2,1-2H3,(H,20,21)(H,22,24). The highest BCUT2D eigenvalue weighted by molar-refractivity contribution is 7.98. The van der Waals surface area contributed by atoms with E-state index in [-0.39, 0.29) is 17.1 Å². The van der Waals surface area contributed by atoms with Gasteiger partial charge in [0, 0.05) is 50.0 Å². The Bertz CT molecular complexity index is 681. The molecular weight excluding hydrogens is 339 g/mol. The molecule has 2 heterocycles. The van der Waals surface area contributed by atoms with Gasteiger partial charge in [-0.1, -0.05) is 0 Å². The van der Waals surface area contributed by atoms with E-state index in [1.807, 2.05) is 12.3 Å². The van der Waals surface area contributed by atoms with Gasteiger partial charge in [0.2, 0.25) is 5.91 Å². The summed E-state index contributed by atoms with van der Waals surface area (Å²) in [6, 6.07) is 4.87. The van der Waals surface area contributed by atoms with Crippen molar-refractivity contribution in [3.05, 3.63) is 29.6 Å². The molecule has 3 rings (SSSR count). The Morgan fingerprint density at radius 2 is 2.36 bits per heavy atom. The van der Waals surface area contributed by atoms with Crippen molar-refractivity contribution in [3.63, 3.8) is 0 Å². The number of hydrogen-bond donors (Lipinski definition) is 2. The Kier molecular flexibility index (Phi) is 5.51. The van der Waals surface area contributed by atoms with Gasteiger partial charge < -0.3 is 15.5 Å². The van der Waals surface area contributed by atoms with Crippen molar-refractivity contribution in [1.29, 1.82) is 0 Å². The molecule has 2 N–H and O–H groups in total. The van der Waals surface area contributed by atoms with Gasteiger partial charge in [0.15, 0.2) is 5.96 Å². The molecule has 2 aliphatic heterocycles. The van der Waals surface area contributed by atoms with Crippen LogP contribution in [0.4, 0.5) is 4.39 Å². The van der Waals surface area contributed by atoms with Crippen molar-refractivity contribution in [3.8, 4) is 0 Å². The van der Waals surface area contributed by atoms with Crippen LogP contribution in [0.5, 0.6) is 0 Å². The normalized spacial score (nSPS) is 23.9. The van der Waals surface area contributed by atoms with Crippen LogP contribution in [0.25, 0.3) is 0 Å². The average molecular weight is 364 g/mol. The van der Waals surface area contributed by atoms with Crippen LogP contribution in [0.2, 0.25) is 0 Å². The zero-order chi connectivity index (χ0) is 17.9. The number of benzene rings is 1. The predicted molar refractivity (Wildman–Crippen MR) is 99.2 cm³/mol. The van der Waals surface area contributed by atoms with Crippen molar-refractivity contribution in [2.75, 3.05) is 32.9 Å². The number of nitrogens with zero attached hydrogens (tertiary/aromatic N) is 2. The highest BCUT2D eigenvalue weighted by atomic mass is 32.2. The summed E-state index contributed by atoms with van der Waals surface area (Å²) in [5.41, 5.74) is 0.953. The number of aliphatic imine (C=N–C) groups is 1. The summed E-state index contributed by atoms with van der Waals surface area (Å²) in [4.78, 5) is 19.4. The Balaban J connectivity index is 1.67. The molecular formula is C18H25FN4OS. The summed E-state index contributed by atoms with van der Waals surface area (Å²) in [5, 5.41) is 6.33. The Labute approximate surface area is 152 Å². The SMILES string of the molecule is CN=C(NCc1cc(F)ccc1SC)N1CCCC2(CNC(=O)C2)C1. The third-order valence-electron chi connectivity index (χ3n) is 5.05. The van der Waals surface area contributed by atoms with Crippen LogP contribution < -0.4 is 10.6 Å². The van der Waals surface area contributed by atoms with Gasteiger partial charge in [-0.15, -0.1) is 11.8 Å². The molecule has 5 nitrogen and oxygen atoms in total. The van der Waals surface area contributed by atoms with Crippen molar-refractivity contribution in [2.24, 2.45) is 10.4 Å². The quantitative estimate of drug-likeness (QED) is 0.491. The number of thioether (sulfide) groups is 1. The number of hydrogen-bond acceptors (Lipinski definition) is 3. The molecule has 0 radical (unpaired) electrons. The second-order valence-corrected chi connectivity index (χ2v) is 7.68. The number of amides is 1. The van der Waals surface area contributed by atoms with Crippen LogP contribution in [0, 0.1) is 11.2 Å². The number of likely N-dealkylation sites (tertiary alicyclic amines) is 1. The summed E-state index contributed by atoms with van der Waals surface area (Å²) >= 11 is 1.61. The van der Waals surface area contributed by atoms with Gasteiger partial charge in [0.1, 0.15) is 5.82 Å². The molecule has 1 amide bonds. The largest absolute Gasteiger partial charge is 0.355 e. The van der Waals surface area contributed by atoms with E-state index in [4.69, 9.17) is 0 Å². The number of halogens is 1. The lowest BCUT2D eigenvalue weighted by Crippen LogP contribution is -2.51. The summed E-state index contributed by atoms with van der Waals surface area (Å²) in [6.07, 6.45) is 4.70. The highest BCUT2D eigenvalue weighted by Gasteiger charge is 2.42. The van der Waals surface area contributed by atoms with E-state index in [0.717, 1.165) is 48.9 Å². The van der Waals surface area contributed by atoms with Crippen LogP contribution in [0.1, 0.15) is 24.8 Å². The minimum atomic E-state index is -0.225. The van der Waals surface area contributed by atoms with Gasteiger partial charge in [0.05, 0.1) is 0 Å². The minimum Gasteiger partial charge on any atom is -0.355 e. The molecule has 0 aromatic heterocycles. The van der Waals surface area contributed by atoms with E-state index in [0.29, 0.717) is 13.0 Å². The van der Waals surface area contributed by atoms with Gasteiger partial charge in [-0.05, 0) is 42.9 Å². The molecule has 0 bridgehead atoms.